The summed E-state index contributed by atoms with van der Waals surface area (Å²) in [5, 5.41) is 5.15. The molecule has 0 aliphatic carbocycles. The van der Waals surface area contributed by atoms with Crippen LogP contribution in [0.15, 0.2) is 42.5 Å². The first-order valence-electron chi connectivity index (χ1n) is 9.81. The average Bonchev–Trinajstić information content (AvgIpc) is 2.69. The normalized spacial score (nSPS) is 12.1. The highest BCUT2D eigenvalue weighted by Crippen LogP contribution is 2.23. The van der Waals surface area contributed by atoms with E-state index in [2.05, 4.69) is 31.4 Å². The number of carbonyl (C=O) groups excluding carboxylic acids is 3. The van der Waals surface area contributed by atoms with Gasteiger partial charge in [0.1, 0.15) is 5.82 Å². The van der Waals surface area contributed by atoms with Gasteiger partial charge in [-0.2, -0.15) is 0 Å². The van der Waals surface area contributed by atoms with Crippen molar-refractivity contribution < 1.29 is 23.5 Å². The zero-order valence-corrected chi connectivity index (χ0v) is 18.7. The number of carbonyl (C=O) groups is 3. The predicted molar refractivity (Wildman–Crippen MR) is 118 cm³/mol. The minimum absolute atomic E-state index is 0.0101. The van der Waals surface area contributed by atoms with Crippen molar-refractivity contribution in [1.82, 2.24) is 5.32 Å². The molecule has 0 aromatic heterocycles. The second-order valence-electron chi connectivity index (χ2n) is 8.08. The fourth-order valence-electron chi connectivity index (χ4n) is 2.64. The number of hydrogen-bond donors (Lipinski definition) is 2. The standard InChI is InChI=1S/C23H26ClFN2O4/c1-14(21(29)27-19-10-9-17(25)13-18(19)24)31-20(28)11-12-26-22(30)15-5-7-16(8-6-15)23(2,3)4/h5-10,13-14H,11-12H2,1-4H3,(H,26,30)(H,27,29). The number of rotatable bonds is 7. The van der Waals surface area contributed by atoms with Gasteiger partial charge in [-0.25, -0.2) is 4.39 Å². The monoisotopic (exact) mass is 448 g/mol. The molecule has 0 radical (unpaired) electrons. The van der Waals surface area contributed by atoms with Crippen LogP contribution in [0.4, 0.5) is 10.1 Å². The molecule has 0 heterocycles. The van der Waals surface area contributed by atoms with Crippen molar-refractivity contribution in [2.75, 3.05) is 11.9 Å². The smallest absolute Gasteiger partial charge is 0.308 e. The molecule has 1 unspecified atom stereocenters. The van der Waals surface area contributed by atoms with E-state index in [-0.39, 0.29) is 35.0 Å². The van der Waals surface area contributed by atoms with Gasteiger partial charge in [0.15, 0.2) is 6.10 Å². The molecule has 0 saturated heterocycles. The van der Waals surface area contributed by atoms with Crippen molar-refractivity contribution >= 4 is 35.1 Å². The highest BCUT2D eigenvalue weighted by molar-refractivity contribution is 6.33. The Morgan fingerprint density at radius 1 is 1.10 bits per heavy atom. The van der Waals surface area contributed by atoms with Gasteiger partial charge in [0, 0.05) is 12.1 Å². The summed E-state index contributed by atoms with van der Waals surface area (Å²) in [7, 11) is 0. The van der Waals surface area contributed by atoms with E-state index in [0.29, 0.717) is 5.56 Å². The van der Waals surface area contributed by atoms with E-state index in [0.717, 1.165) is 17.7 Å². The number of ether oxygens (including phenoxy) is 1. The summed E-state index contributed by atoms with van der Waals surface area (Å²) in [6.45, 7) is 7.73. The minimum atomic E-state index is -1.09. The second-order valence-corrected chi connectivity index (χ2v) is 8.49. The van der Waals surface area contributed by atoms with E-state index in [1.807, 2.05) is 12.1 Å². The van der Waals surface area contributed by atoms with Crippen LogP contribution >= 0.6 is 11.6 Å². The largest absolute Gasteiger partial charge is 0.452 e. The molecule has 166 valence electrons. The molecule has 6 nitrogen and oxygen atoms in total. The molecule has 31 heavy (non-hydrogen) atoms. The lowest BCUT2D eigenvalue weighted by Gasteiger charge is -2.19. The Bertz CT molecular complexity index is 955. The molecule has 0 aliphatic heterocycles. The Morgan fingerprint density at radius 2 is 1.74 bits per heavy atom. The van der Waals surface area contributed by atoms with Crippen molar-refractivity contribution in [3.63, 3.8) is 0 Å². The third-order valence-electron chi connectivity index (χ3n) is 4.49. The quantitative estimate of drug-likeness (QED) is 0.612. The average molecular weight is 449 g/mol. The molecule has 2 N–H and O–H groups in total. The van der Waals surface area contributed by atoms with Crippen LogP contribution in [-0.2, 0) is 19.7 Å². The number of anilines is 1. The van der Waals surface area contributed by atoms with Crippen molar-refractivity contribution in [1.29, 1.82) is 0 Å². The summed E-state index contributed by atoms with van der Waals surface area (Å²) in [4.78, 5) is 36.3. The van der Waals surface area contributed by atoms with Gasteiger partial charge in [-0.3, -0.25) is 14.4 Å². The molecular formula is C23H26ClFN2O4. The summed E-state index contributed by atoms with van der Waals surface area (Å²) in [6.07, 6.45) is -1.19. The maximum atomic E-state index is 13.1. The van der Waals surface area contributed by atoms with Gasteiger partial charge in [0.25, 0.3) is 11.8 Å². The van der Waals surface area contributed by atoms with E-state index >= 15 is 0 Å². The molecule has 1 atom stereocenters. The number of benzene rings is 2. The molecule has 0 bridgehead atoms. The predicted octanol–water partition coefficient (Wildman–Crippen LogP) is 4.47. The van der Waals surface area contributed by atoms with Crippen LogP contribution in [-0.4, -0.2) is 30.4 Å². The number of halogens is 2. The summed E-state index contributed by atoms with van der Waals surface area (Å²) < 4.78 is 18.1. The fraction of sp³-hybridized carbons (Fsp3) is 0.348. The van der Waals surface area contributed by atoms with E-state index in [1.165, 1.54) is 13.0 Å². The lowest BCUT2D eigenvalue weighted by Crippen LogP contribution is -2.32. The molecule has 2 rings (SSSR count). The summed E-state index contributed by atoms with van der Waals surface area (Å²) in [5.41, 5.74) is 1.80. The molecular weight excluding hydrogens is 423 g/mol. The third kappa shape index (κ3) is 7.36. The first-order chi connectivity index (χ1) is 14.5. The van der Waals surface area contributed by atoms with Gasteiger partial charge in [0.2, 0.25) is 0 Å². The van der Waals surface area contributed by atoms with Crippen LogP contribution in [0.5, 0.6) is 0 Å². The fourth-order valence-corrected chi connectivity index (χ4v) is 2.85. The summed E-state index contributed by atoms with van der Waals surface area (Å²) in [5.74, 6) is -2.08. The molecule has 0 saturated carbocycles. The zero-order chi connectivity index (χ0) is 23.2. The van der Waals surface area contributed by atoms with Crippen LogP contribution in [0, 0.1) is 5.82 Å². The molecule has 2 aromatic carbocycles. The molecule has 0 fully saturated rings. The number of hydrogen-bond acceptors (Lipinski definition) is 4. The van der Waals surface area contributed by atoms with Crippen LogP contribution in [0.3, 0.4) is 0 Å². The summed E-state index contributed by atoms with van der Waals surface area (Å²) in [6, 6.07) is 10.8. The Balaban J connectivity index is 1.78. The van der Waals surface area contributed by atoms with Gasteiger partial charge in [-0.1, -0.05) is 44.5 Å². The number of amides is 2. The maximum absolute atomic E-state index is 13.1. The topological polar surface area (TPSA) is 84.5 Å². The molecule has 8 heteroatoms. The second kappa shape index (κ2) is 10.4. The van der Waals surface area contributed by atoms with Crippen LogP contribution in [0.2, 0.25) is 5.02 Å². The Kier molecular flexibility index (Phi) is 8.16. The van der Waals surface area contributed by atoms with Gasteiger partial charge in [0.05, 0.1) is 17.1 Å². The molecule has 2 amide bonds. The number of nitrogens with one attached hydrogen (secondary N) is 2. The Morgan fingerprint density at radius 3 is 2.32 bits per heavy atom. The van der Waals surface area contributed by atoms with E-state index in [4.69, 9.17) is 16.3 Å². The SMILES string of the molecule is CC(OC(=O)CCNC(=O)c1ccc(C(C)(C)C)cc1)C(=O)Nc1ccc(F)cc1Cl. The van der Waals surface area contributed by atoms with E-state index < -0.39 is 23.8 Å². The lowest BCUT2D eigenvalue weighted by molar-refractivity contribution is -0.153. The van der Waals surface area contributed by atoms with Crippen molar-refractivity contribution in [2.45, 2.75) is 45.6 Å². The third-order valence-corrected chi connectivity index (χ3v) is 4.81. The van der Waals surface area contributed by atoms with Gasteiger partial charge in [-0.05, 0) is 48.2 Å². The summed E-state index contributed by atoms with van der Waals surface area (Å²) >= 11 is 5.86. The Labute approximate surface area is 186 Å². The lowest BCUT2D eigenvalue weighted by atomic mass is 9.87. The first kappa shape index (κ1) is 24.3. The molecule has 0 aliphatic rings. The Hall–Kier alpha value is -2.93. The van der Waals surface area contributed by atoms with E-state index in [9.17, 15) is 18.8 Å². The maximum Gasteiger partial charge on any atom is 0.308 e. The first-order valence-corrected chi connectivity index (χ1v) is 10.2. The highest BCUT2D eigenvalue weighted by Gasteiger charge is 2.19. The molecule has 0 spiro atoms. The van der Waals surface area contributed by atoms with Crippen LogP contribution in [0.1, 0.15) is 50.0 Å². The van der Waals surface area contributed by atoms with Gasteiger partial charge < -0.3 is 15.4 Å². The van der Waals surface area contributed by atoms with E-state index in [1.54, 1.807) is 12.1 Å². The van der Waals surface area contributed by atoms with Gasteiger partial charge >= 0.3 is 5.97 Å². The van der Waals surface area contributed by atoms with Crippen molar-refractivity contribution in [3.05, 3.63) is 64.4 Å². The van der Waals surface area contributed by atoms with Crippen LogP contribution in [0.25, 0.3) is 0 Å². The number of esters is 1. The highest BCUT2D eigenvalue weighted by atomic mass is 35.5. The van der Waals surface area contributed by atoms with Gasteiger partial charge in [-0.15, -0.1) is 0 Å². The minimum Gasteiger partial charge on any atom is -0.452 e. The molecule has 2 aromatic rings. The van der Waals surface area contributed by atoms with Crippen molar-refractivity contribution in [2.24, 2.45) is 0 Å². The zero-order valence-electron chi connectivity index (χ0n) is 17.9. The van der Waals surface area contributed by atoms with Crippen LogP contribution < -0.4 is 10.6 Å². The van der Waals surface area contributed by atoms with Crippen molar-refractivity contribution in [3.8, 4) is 0 Å².